The maximum absolute atomic E-state index is 13.1. The van der Waals surface area contributed by atoms with Crippen molar-refractivity contribution in [2.24, 2.45) is 0 Å². The number of halogens is 1. The molecular formula is C14H20FN3O. The molecular weight excluding hydrogens is 245 g/mol. The van der Waals surface area contributed by atoms with Crippen molar-refractivity contribution in [3.8, 4) is 6.07 Å². The molecule has 1 rings (SSSR count). The first-order valence-electron chi connectivity index (χ1n) is 6.10. The summed E-state index contributed by atoms with van der Waals surface area (Å²) in [6.45, 7) is 2.97. The van der Waals surface area contributed by atoms with Crippen molar-refractivity contribution in [2.45, 2.75) is 19.1 Å². The van der Waals surface area contributed by atoms with Crippen LogP contribution in [-0.4, -0.2) is 42.8 Å². The molecule has 1 aromatic carbocycles. The van der Waals surface area contributed by atoms with Gasteiger partial charge in [-0.05, 0) is 44.8 Å². The van der Waals surface area contributed by atoms with Gasteiger partial charge in [0.15, 0.2) is 0 Å². The molecule has 4 nitrogen and oxygen atoms in total. The Morgan fingerprint density at radius 1 is 1.47 bits per heavy atom. The molecule has 0 fully saturated rings. The zero-order valence-corrected chi connectivity index (χ0v) is 11.6. The van der Waals surface area contributed by atoms with E-state index in [1.165, 1.54) is 18.2 Å². The van der Waals surface area contributed by atoms with Gasteiger partial charge in [0.2, 0.25) is 0 Å². The molecule has 104 valence electrons. The molecule has 19 heavy (non-hydrogen) atoms. The molecule has 0 heterocycles. The minimum atomic E-state index is -0.871. The molecule has 0 bridgehead atoms. The van der Waals surface area contributed by atoms with E-state index in [1.54, 1.807) is 6.92 Å². The summed E-state index contributed by atoms with van der Waals surface area (Å²) in [4.78, 5) is 1.89. The van der Waals surface area contributed by atoms with Gasteiger partial charge in [-0.3, -0.25) is 0 Å². The Bertz CT molecular complexity index is 466. The van der Waals surface area contributed by atoms with Gasteiger partial charge >= 0.3 is 0 Å². The van der Waals surface area contributed by atoms with E-state index in [-0.39, 0.29) is 5.82 Å². The minimum absolute atomic E-state index is 0.351. The molecule has 0 aliphatic carbocycles. The highest BCUT2D eigenvalue weighted by molar-refractivity contribution is 5.37. The third-order valence-corrected chi connectivity index (χ3v) is 2.67. The summed E-state index contributed by atoms with van der Waals surface area (Å²) >= 11 is 0. The number of rotatable bonds is 6. The Kier molecular flexibility index (Phi) is 5.43. The monoisotopic (exact) mass is 265 g/mol. The first-order chi connectivity index (χ1) is 8.84. The predicted octanol–water partition coefficient (Wildman–Crippen LogP) is 1.10. The molecule has 0 aromatic heterocycles. The van der Waals surface area contributed by atoms with Crippen LogP contribution in [0.3, 0.4) is 0 Å². The van der Waals surface area contributed by atoms with Crippen molar-refractivity contribution in [2.75, 3.05) is 27.2 Å². The minimum Gasteiger partial charge on any atom is -0.388 e. The average molecular weight is 265 g/mol. The van der Waals surface area contributed by atoms with Gasteiger partial charge in [0, 0.05) is 19.6 Å². The molecule has 0 radical (unpaired) electrons. The van der Waals surface area contributed by atoms with Crippen LogP contribution in [0.4, 0.5) is 4.39 Å². The maximum atomic E-state index is 13.1. The molecule has 5 heteroatoms. The summed E-state index contributed by atoms with van der Waals surface area (Å²) < 4.78 is 13.1. The maximum Gasteiger partial charge on any atom is 0.123 e. The van der Waals surface area contributed by atoms with Gasteiger partial charge in [0.1, 0.15) is 5.82 Å². The van der Waals surface area contributed by atoms with Crippen LogP contribution in [0, 0.1) is 17.1 Å². The molecule has 0 amide bonds. The molecule has 0 aliphatic heterocycles. The second-order valence-corrected chi connectivity index (χ2v) is 5.25. The SMILES string of the molecule is CN(C)CC(C)(O)CNCc1cc(F)ccc1C#N. The Hall–Kier alpha value is -1.48. The smallest absolute Gasteiger partial charge is 0.123 e. The molecule has 0 spiro atoms. The van der Waals surface area contributed by atoms with Crippen LogP contribution in [0.2, 0.25) is 0 Å². The van der Waals surface area contributed by atoms with Crippen LogP contribution in [0.15, 0.2) is 18.2 Å². The van der Waals surface area contributed by atoms with Gasteiger partial charge in [-0.2, -0.15) is 5.26 Å². The summed E-state index contributed by atoms with van der Waals surface area (Å²) in [6.07, 6.45) is 0. The molecule has 0 aliphatic rings. The number of nitrogens with one attached hydrogen (secondary N) is 1. The average Bonchev–Trinajstić information content (AvgIpc) is 2.27. The largest absolute Gasteiger partial charge is 0.388 e. The van der Waals surface area contributed by atoms with Gasteiger partial charge in [0.25, 0.3) is 0 Å². The molecule has 1 aromatic rings. The highest BCUT2D eigenvalue weighted by Gasteiger charge is 2.20. The molecule has 0 saturated carbocycles. The standard InChI is InChI=1S/C14H20FN3O/c1-14(19,10-18(2)3)9-17-8-12-6-13(15)5-4-11(12)7-16/h4-6,17,19H,8-10H2,1-3H3. The zero-order chi connectivity index (χ0) is 14.5. The van der Waals surface area contributed by atoms with Crippen LogP contribution in [0.25, 0.3) is 0 Å². The lowest BCUT2D eigenvalue weighted by atomic mass is 10.1. The number of hydrogen-bond acceptors (Lipinski definition) is 4. The van der Waals surface area contributed by atoms with E-state index < -0.39 is 5.60 Å². The van der Waals surface area contributed by atoms with Crippen molar-refractivity contribution in [3.63, 3.8) is 0 Å². The van der Waals surface area contributed by atoms with Crippen molar-refractivity contribution < 1.29 is 9.50 Å². The van der Waals surface area contributed by atoms with Crippen LogP contribution in [0.5, 0.6) is 0 Å². The van der Waals surface area contributed by atoms with E-state index in [1.807, 2.05) is 25.1 Å². The topological polar surface area (TPSA) is 59.3 Å². The van der Waals surface area contributed by atoms with Crippen molar-refractivity contribution >= 4 is 0 Å². The van der Waals surface area contributed by atoms with E-state index >= 15 is 0 Å². The number of benzene rings is 1. The van der Waals surface area contributed by atoms with Gasteiger partial charge in [-0.15, -0.1) is 0 Å². The lowest BCUT2D eigenvalue weighted by molar-refractivity contribution is 0.0336. The number of aliphatic hydroxyl groups is 1. The van der Waals surface area contributed by atoms with Crippen LogP contribution in [-0.2, 0) is 6.54 Å². The predicted molar refractivity (Wildman–Crippen MR) is 72.0 cm³/mol. The summed E-state index contributed by atoms with van der Waals surface area (Å²) in [6, 6.07) is 6.10. The fourth-order valence-corrected chi connectivity index (χ4v) is 2.02. The van der Waals surface area contributed by atoms with Crippen molar-refractivity contribution in [3.05, 3.63) is 35.1 Å². The molecule has 0 saturated heterocycles. The quantitative estimate of drug-likeness (QED) is 0.808. The zero-order valence-electron chi connectivity index (χ0n) is 11.6. The fourth-order valence-electron chi connectivity index (χ4n) is 2.02. The van der Waals surface area contributed by atoms with Crippen LogP contribution >= 0.6 is 0 Å². The third kappa shape index (κ3) is 5.35. The van der Waals surface area contributed by atoms with Gasteiger partial charge in [-0.25, -0.2) is 4.39 Å². The first-order valence-corrected chi connectivity index (χ1v) is 6.10. The Balaban J connectivity index is 2.58. The Morgan fingerprint density at radius 3 is 2.74 bits per heavy atom. The Morgan fingerprint density at radius 2 is 2.16 bits per heavy atom. The van der Waals surface area contributed by atoms with Gasteiger partial charge in [-0.1, -0.05) is 0 Å². The fraction of sp³-hybridized carbons (Fsp3) is 0.500. The van der Waals surface area contributed by atoms with E-state index in [2.05, 4.69) is 5.32 Å². The lowest BCUT2D eigenvalue weighted by Crippen LogP contribution is -2.45. The lowest BCUT2D eigenvalue weighted by Gasteiger charge is -2.27. The van der Waals surface area contributed by atoms with Crippen molar-refractivity contribution in [1.29, 1.82) is 5.26 Å². The number of nitriles is 1. The van der Waals surface area contributed by atoms with Crippen molar-refractivity contribution in [1.82, 2.24) is 10.2 Å². The van der Waals surface area contributed by atoms with E-state index in [0.29, 0.717) is 30.8 Å². The van der Waals surface area contributed by atoms with E-state index in [4.69, 9.17) is 5.26 Å². The molecule has 2 N–H and O–H groups in total. The van der Waals surface area contributed by atoms with E-state index in [0.717, 1.165) is 0 Å². The Labute approximate surface area is 113 Å². The van der Waals surface area contributed by atoms with Gasteiger partial charge < -0.3 is 15.3 Å². The van der Waals surface area contributed by atoms with Gasteiger partial charge in [0.05, 0.1) is 17.2 Å². The highest BCUT2D eigenvalue weighted by atomic mass is 19.1. The first kappa shape index (κ1) is 15.6. The summed E-state index contributed by atoms with van der Waals surface area (Å²) in [5, 5.41) is 22.1. The highest BCUT2D eigenvalue weighted by Crippen LogP contribution is 2.11. The summed E-state index contributed by atoms with van der Waals surface area (Å²) in [5.74, 6) is -0.365. The molecule has 1 unspecified atom stereocenters. The normalized spacial score (nSPS) is 14.2. The second kappa shape index (κ2) is 6.62. The number of hydrogen-bond donors (Lipinski definition) is 2. The van der Waals surface area contributed by atoms with E-state index in [9.17, 15) is 9.50 Å². The molecule has 1 atom stereocenters. The third-order valence-electron chi connectivity index (χ3n) is 2.67. The number of likely N-dealkylation sites (N-methyl/N-ethyl adjacent to an activating group) is 1. The number of nitrogens with zero attached hydrogens (tertiary/aromatic N) is 2. The summed E-state index contributed by atoms with van der Waals surface area (Å²) in [5.41, 5.74) is 0.174. The second-order valence-electron chi connectivity index (χ2n) is 5.25. The van der Waals surface area contributed by atoms with Crippen LogP contribution in [0.1, 0.15) is 18.1 Å². The summed E-state index contributed by atoms with van der Waals surface area (Å²) in [7, 11) is 3.77. The van der Waals surface area contributed by atoms with Crippen LogP contribution < -0.4 is 5.32 Å².